The maximum Gasteiger partial charge on any atom is 0.271 e. The lowest BCUT2D eigenvalue weighted by atomic mass is 9.89. The summed E-state index contributed by atoms with van der Waals surface area (Å²) in [5.74, 6) is -0.108. The van der Waals surface area contributed by atoms with Crippen molar-refractivity contribution in [2.45, 2.75) is 25.3 Å². The topological polar surface area (TPSA) is 63.1 Å². The minimum absolute atomic E-state index is 0.108. The molecular formula is C16H21N5O. The third kappa shape index (κ3) is 2.95. The van der Waals surface area contributed by atoms with Gasteiger partial charge in [-0.2, -0.15) is 0 Å². The number of piperidine rings is 1. The van der Waals surface area contributed by atoms with Crippen molar-refractivity contribution < 1.29 is 4.79 Å². The molecule has 0 radical (unpaired) electrons. The van der Waals surface area contributed by atoms with Gasteiger partial charge in [-0.05, 0) is 31.9 Å². The fourth-order valence-corrected chi connectivity index (χ4v) is 2.86. The van der Waals surface area contributed by atoms with Gasteiger partial charge in [0.05, 0.1) is 6.20 Å². The summed E-state index contributed by atoms with van der Waals surface area (Å²) in [7, 11) is 1.72. The summed E-state index contributed by atoms with van der Waals surface area (Å²) in [5.41, 5.74) is 1.55. The van der Waals surface area contributed by atoms with Crippen LogP contribution in [0.15, 0.2) is 36.5 Å². The number of hydrogen-bond acceptors (Lipinski definition) is 4. The van der Waals surface area contributed by atoms with Gasteiger partial charge in [0, 0.05) is 31.4 Å². The van der Waals surface area contributed by atoms with Crippen molar-refractivity contribution in [3.05, 3.63) is 42.2 Å². The Labute approximate surface area is 130 Å². The van der Waals surface area contributed by atoms with Crippen molar-refractivity contribution in [3.8, 4) is 0 Å². The van der Waals surface area contributed by atoms with Crippen LogP contribution in [0, 0.1) is 0 Å². The summed E-state index contributed by atoms with van der Waals surface area (Å²) in [5, 5.41) is 10.7. The maximum atomic E-state index is 12.3. The number of carbonyl (C=O) groups excluding carboxylic acids is 1. The van der Waals surface area contributed by atoms with Crippen molar-refractivity contribution in [2.24, 2.45) is 7.05 Å². The third-order valence-electron chi connectivity index (χ3n) is 4.35. The molecule has 0 spiro atoms. The standard InChI is InChI=1S/C16H21N5O/c1-16(18-15(22)14-12-17-19-20(14)2)8-10-21(11-9-16)13-6-4-3-5-7-13/h3-7,12H,8-11H2,1-2H3,(H,18,22). The van der Waals surface area contributed by atoms with Gasteiger partial charge in [-0.25, -0.2) is 4.68 Å². The highest BCUT2D eigenvalue weighted by molar-refractivity contribution is 5.92. The molecular weight excluding hydrogens is 278 g/mol. The molecule has 0 bridgehead atoms. The first-order valence-corrected chi connectivity index (χ1v) is 7.55. The molecule has 1 aromatic carbocycles. The number of aryl methyl sites for hydroxylation is 1. The summed E-state index contributed by atoms with van der Waals surface area (Å²) in [6.45, 7) is 3.98. The number of hydrogen-bond donors (Lipinski definition) is 1. The van der Waals surface area contributed by atoms with Crippen molar-refractivity contribution in [2.75, 3.05) is 18.0 Å². The average Bonchev–Trinajstić information content (AvgIpc) is 2.95. The van der Waals surface area contributed by atoms with Gasteiger partial charge in [-0.15, -0.1) is 5.10 Å². The smallest absolute Gasteiger partial charge is 0.271 e. The van der Waals surface area contributed by atoms with E-state index in [1.165, 1.54) is 16.6 Å². The van der Waals surface area contributed by atoms with Gasteiger partial charge in [-0.3, -0.25) is 4.79 Å². The average molecular weight is 299 g/mol. The Balaban J connectivity index is 1.62. The van der Waals surface area contributed by atoms with Gasteiger partial charge < -0.3 is 10.2 Å². The second kappa shape index (κ2) is 5.79. The Kier molecular flexibility index (Phi) is 3.83. The van der Waals surface area contributed by atoms with E-state index in [0.29, 0.717) is 5.69 Å². The highest BCUT2D eigenvalue weighted by Crippen LogP contribution is 2.26. The van der Waals surface area contributed by atoms with Gasteiger partial charge in [0.25, 0.3) is 5.91 Å². The van der Waals surface area contributed by atoms with Crippen LogP contribution >= 0.6 is 0 Å². The zero-order chi connectivity index (χ0) is 15.6. The third-order valence-corrected chi connectivity index (χ3v) is 4.35. The molecule has 1 fully saturated rings. The van der Waals surface area contributed by atoms with E-state index in [0.717, 1.165) is 25.9 Å². The van der Waals surface area contributed by atoms with Crippen molar-refractivity contribution >= 4 is 11.6 Å². The summed E-state index contributed by atoms with van der Waals surface area (Å²) in [4.78, 5) is 14.7. The number of nitrogens with zero attached hydrogens (tertiary/aromatic N) is 4. The summed E-state index contributed by atoms with van der Waals surface area (Å²) >= 11 is 0. The lowest BCUT2D eigenvalue weighted by Gasteiger charge is -2.41. The second-order valence-electron chi connectivity index (χ2n) is 6.08. The largest absolute Gasteiger partial charge is 0.371 e. The first-order chi connectivity index (χ1) is 10.6. The highest BCUT2D eigenvalue weighted by atomic mass is 16.2. The fourth-order valence-electron chi connectivity index (χ4n) is 2.86. The number of amides is 1. The van der Waals surface area contributed by atoms with Crippen LogP contribution in [0.1, 0.15) is 30.3 Å². The van der Waals surface area contributed by atoms with E-state index in [9.17, 15) is 4.79 Å². The van der Waals surface area contributed by atoms with Crippen LogP contribution < -0.4 is 10.2 Å². The molecule has 0 saturated carbocycles. The van der Waals surface area contributed by atoms with E-state index in [1.54, 1.807) is 7.05 Å². The van der Waals surface area contributed by atoms with E-state index in [1.807, 2.05) is 6.07 Å². The van der Waals surface area contributed by atoms with Crippen LogP contribution in [0.5, 0.6) is 0 Å². The Morgan fingerprint density at radius 3 is 2.50 bits per heavy atom. The van der Waals surface area contributed by atoms with Crippen molar-refractivity contribution in [1.82, 2.24) is 20.3 Å². The molecule has 1 N–H and O–H groups in total. The Hall–Kier alpha value is -2.37. The molecule has 2 aromatic rings. The van der Waals surface area contributed by atoms with Crippen LogP contribution in [-0.4, -0.2) is 39.5 Å². The normalized spacial score (nSPS) is 17.3. The Bertz CT molecular complexity index is 644. The lowest BCUT2D eigenvalue weighted by Crippen LogP contribution is -2.53. The summed E-state index contributed by atoms with van der Waals surface area (Å²) in [6.07, 6.45) is 3.33. The SMILES string of the molecule is Cn1nncc1C(=O)NC1(C)CCN(c2ccccc2)CC1. The molecule has 0 aliphatic carbocycles. The minimum Gasteiger partial charge on any atom is -0.371 e. The quantitative estimate of drug-likeness (QED) is 0.935. The molecule has 3 rings (SSSR count). The monoisotopic (exact) mass is 299 g/mol. The minimum atomic E-state index is -0.188. The molecule has 1 saturated heterocycles. The molecule has 6 heteroatoms. The number of anilines is 1. The van der Waals surface area contributed by atoms with Crippen LogP contribution in [0.4, 0.5) is 5.69 Å². The van der Waals surface area contributed by atoms with E-state index >= 15 is 0 Å². The molecule has 116 valence electrons. The molecule has 1 aliphatic rings. The Morgan fingerprint density at radius 1 is 1.23 bits per heavy atom. The van der Waals surface area contributed by atoms with E-state index in [-0.39, 0.29) is 11.4 Å². The maximum absolute atomic E-state index is 12.3. The highest BCUT2D eigenvalue weighted by Gasteiger charge is 2.32. The first-order valence-electron chi connectivity index (χ1n) is 7.55. The van der Waals surface area contributed by atoms with Gasteiger partial charge in [0.15, 0.2) is 0 Å². The first kappa shape index (κ1) is 14.6. The summed E-state index contributed by atoms with van der Waals surface area (Å²) < 4.78 is 1.50. The van der Waals surface area contributed by atoms with Gasteiger partial charge in [0.2, 0.25) is 0 Å². The molecule has 6 nitrogen and oxygen atoms in total. The van der Waals surface area contributed by atoms with Gasteiger partial charge in [0.1, 0.15) is 5.69 Å². The predicted octanol–water partition coefficient (Wildman–Crippen LogP) is 1.60. The molecule has 1 aromatic heterocycles. The van der Waals surface area contributed by atoms with E-state index in [2.05, 4.69) is 51.7 Å². The fraction of sp³-hybridized carbons (Fsp3) is 0.438. The summed E-state index contributed by atoms with van der Waals surface area (Å²) in [6, 6.07) is 10.4. The van der Waals surface area contributed by atoms with Crippen LogP contribution in [0.3, 0.4) is 0 Å². The zero-order valence-corrected chi connectivity index (χ0v) is 13.0. The van der Waals surface area contributed by atoms with Crippen molar-refractivity contribution in [1.29, 1.82) is 0 Å². The molecule has 1 aliphatic heterocycles. The number of para-hydroxylation sites is 1. The number of benzene rings is 1. The Morgan fingerprint density at radius 2 is 1.91 bits per heavy atom. The molecule has 0 atom stereocenters. The van der Waals surface area contributed by atoms with E-state index in [4.69, 9.17) is 0 Å². The molecule has 2 heterocycles. The van der Waals surface area contributed by atoms with Crippen molar-refractivity contribution in [3.63, 3.8) is 0 Å². The van der Waals surface area contributed by atoms with Crippen LogP contribution in [0.25, 0.3) is 0 Å². The van der Waals surface area contributed by atoms with Gasteiger partial charge in [-0.1, -0.05) is 23.4 Å². The second-order valence-corrected chi connectivity index (χ2v) is 6.08. The number of rotatable bonds is 3. The lowest BCUT2D eigenvalue weighted by molar-refractivity contribution is 0.0882. The van der Waals surface area contributed by atoms with Gasteiger partial charge >= 0.3 is 0 Å². The van der Waals surface area contributed by atoms with E-state index < -0.39 is 0 Å². The molecule has 1 amide bonds. The predicted molar refractivity (Wildman–Crippen MR) is 84.8 cm³/mol. The number of carbonyl (C=O) groups is 1. The molecule has 0 unspecified atom stereocenters. The zero-order valence-electron chi connectivity index (χ0n) is 13.0. The number of nitrogens with one attached hydrogen (secondary N) is 1. The number of aromatic nitrogens is 3. The molecule has 22 heavy (non-hydrogen) atoms. The van der Waals surface area contributed by atoms with Crippen LogP contribution in [-0.2, 0) is 7.05 Å². The van der Waals surface area contributed by atoms with Crippen LogP contribution in [0.2, 0.25) is 0 Å².